The maximum Gasteiger partial charge on any atom is 0.237 e. The van der Waals surface area contributed by atoms with Crippen LogP contribution in [0.4, 0.5) is 5.69 Å². The van der Waals surface area contributed by atoms with Crippen LogP contribution < -0.4 is 10.1 Å². The molecule has 112 valence electrons. The standard InChI is InChI=1S/C18H24N2O/c1-5-21-17-16(7-6-12-19-17)20-13-14-8-10-15(11-9-14)18(2,3)4/h6-12,20H,5,13H2,1-4H3. The molecule has 2 rings (SSSR count). The monoisotopic (exact) mass is 284 g/mol. The Labute approximate surface area is 127 Å². The molecule has 0 unspecified atom stereocenters. The molecule has 1 heterocycles. The summed E-state index contributed by atoms with van der Waals surface area (Å²) in [7, 11) is 0. The van der Waals surface area contributed by atoms with Crippen molar-refractivity contribution < 1.29 is 4.74 Å². The number of ether oxygens (including phenoxy) is 1. The predicted molar refractivity (Wildman–Crippen MR) is 87.9 cm³/mol. The minimum atomic E-state index is 0.192. The van der Waals surface area contributed by atoms with Gasteiger partial charge in [0.15, 0.2) is 0 Å². The Balaban J connectivity index is 2.03. The number of rotatable bonds is 5. The first-order chi connectivity index (χ1) is 10.0. The lowest BCUT2D eigenvalue weighted by Gasteiger charge is -2.19. The average molecular weight is 284 g/mol. The first-order valence-corrected chi connectivity index (χ1v) is 7.42. The molecule has 3 nitrogen and oxygen atoms in total. The third-order valence-electron chi connectivity index (χ3n) is 3.36. The van der Waals surface area contributed by atoms with Crippen molar-refractivity contribution in [3.63, 3.8) is 0 Å². The summed E-state index contributed by atoms with van der Waals surface area (Å²) in [6.45, 7) is 10.0. The fraction of sp³-hybridized carbons (Fsp3) is 0.389. The van der Waals surface area contributed by atoms with Crippen molar-refractivity contribution >= 4 is 5.69 Å². The van der Waals surface area contributed by atoms with Gasteiger partial charge >= 0.3 is 0 Å². The maximum atomic E-state index is 5.52. The highest BCUT2D eigenvalue weighted by Crippen LogP contribution is 2.24. The molecule has 1 aromatic carbocycles. The van der Waals surface area contributed by atoms with Gasteiger partial charge in [-0.05, 0) is 35.6 Å². The molecule has 21 heavy (non-hydrogen) atoms. The zero-order valence-electron chi connectivity index (χ0n) is 13.3. The first-order valence-electron chi connectivity index (χ1n) is 7.42. The van der Waals surface area contributed by atoms with E-state index in [2.05, 4.69) is 55.3 Å². The molecule has 0 aliphatic heterocycles. The van der Waals surface area contributed by atoms with E-state index in [-0.39, 0.29) is 5.41 Å². The van der Waals surface area contributed by atoms with Crippen LogP contribution in [0.5, 0.6) is 5.88 Å². The number of nitrogens with one attached hydrogen (secondary N) is 1. The zero-order valence-corrected chi connectivity index (χ0v) is 13.3. The van der Waals surface area contributed by atoms with Crippen molar-refractivity contribution in [2.45, 2.75) is 39.7 Å². The van der Waals surface area contributed by atoms with Crippen LogP contribution in [0.2, 0.25) is 0 Å². The van der Waals surface area contributed by atoms with Crippen LogP contribution in [0, 0.1) is 0 Å². The SMILES string of the molecule is CCOc1ncccc1NCc1ccc(C(C)(C)C)cc1. The molecule has 0 spiro atoms. The molecule has 3 heteroatoms. The summed E-state index contributed by atoms with van der Waals surface area (Å²) in [6.07, 6.45) is 1.74. The Kier molecular flexibility index (Phi) is 4.84. The van der Waals surface area contributed by atoms with E-state index in [1.165, 1.54) is 11.1 Å². The van der Waals surface area contributed by atoms with Crippen molar-refractivity contribution in [3.8, 4) is 5.88 Å². The highest BCUT2D eigenvalue weighted by atomic mass is 16.5. The quantitative estimate of drug-likeness (QED) is 0.884. The van der Waals surface area contributed by atoms with Crippen LogP contribution in [-0.2, 0) is 12.0 Å². The van der Waals surface area contributed by atoms with Gasteiger partial charge in [0.1, 0.15) is 0 Å². The minimum absolute atomic E-state index is 0.192. The Morgan fingerprint density at radius 2 is 1.81 bits per heavy atom. The van der Waals surface area contributed by atoms with E-state index in [4.69, 9.17) is 4.74 Å². The van der Waals surface area contributed by atoms with Gasteiger partial charge in [0.2, 0.25) is 5.88 Å². The lowest BCUT2D eigenvalue weighted by atomic mass is 9.87. The Morgan fingerprint density at radius 1 is 1.10 bits per heavy atom. The van der Waals surface area contributed by atoms with E-state index in [0.717, 1.165) is 12.2 Å². The molecule has 0 saturated carbocycles. The summed E-state index contributed by atoms with van der Waals surface area (Å²) in [4.78, 5) is 4.24. The topological polar surface area (TPSA) is 34.1 Å². The molecule has 2 aromatic rings. The predicted octanol–water partition coefficient (Wildman–Crippen LogP) is 4.39. The molecular weight excluding hydrogens is 260 g/mol. The van der Waals surface area contributed by atoms with Gasteiger partial charge in [0.25, 0.3) is 0 Å². The normalized spacial score (nSPS) is 11.2. The van der Waals surface area contributed by atoms with Gasteiger partial charge in [0, 0.05) is 12.7 Å². The number of aromatic nitrogens is 1. The molecule has 0 atom stereocenters. The van der Waals surface area contributed by atoms with Crippen molar-refractivity contribution in [1.82, 2.24) is 4.98 Å². The Bertz CT molecular complexity index is 571. The Hall–Kier alpha value is -2.03. The molecule has 0 radical (unpaired) electrons. The van der Waals surface area contributed by atoms with Gasteiger partial charge in [0.05, 0.1) is 12.3 Å². The first kappa shape index (κ1) is 15.4. The highest BCUT2D eigenvalue weighted by Gasteiger charge is 2.12. The third-order valence-corrected chi connectivity index (χ3v) is 3.36. The number of anilines is 1. The summed E-state index contributed by atoms with van der Waals surface area (Å²) in [5, 5.41) is 3.39. The molecule has 1 aromatic heterocycles. The smallest absolute Gasteiger partial charge is 0.237 e. The minimum Gasteiger partial charge on any atom is -0.476 e. The summed E-state index contributed by atoms with van der Waals surface area (Å²) in [5.41, 5.74) is 3.72. The molecular formula is C18H24N2O. The average Bonchev–Trinajstić information content (AvgIpc) is 2.46. The second kappa shape index (κ2) is 6.61. The van der Waals surface area contributed by atoms with Crippen molar-refractivity contribution in [2.75, 3.05) is 11.9 Å². The summed E-state index contributed by atoms with van der Waals surface area (Å²) in [6, 6.07) is 12.6. The second-order valence-electron chi connectivity index (χ2n) is 6.09. The zero-order chi connectivity index (χ0) is 15.3. The lowest BCUT2D eigenvalue weighted by molar-refractivity contribution is 0.328. The van der Waals surface area contributed by atoms with Crippen molar-refractivity contribution in [2.24, 2.45) is 0 Å². The van der Waals surface area contributed by atoms with Crippen LogP contribution in [-0.4, -0.2) is 11.6 Å². The van der Waals surface area contributed by atoms with Gasteiger partial charge in [-0.2, -0.15) is 0 Å². The molecule has 0 amide bonds. The van der Waals surface area contributed by atoms with Crippen LogP contribution in [0.15, 0.2) is 42.6 Å². The van der Waals surface area contributed by atoms with E-state index in [0.29, 0.717) is 12.5 Å². The van der Waals surface area contributed by atoms with Crippen LogP contribution in [0.1, 0.15) is 38.8 Å². The van der Waals surface area contributed by atoms with E-state index < -0.39 is 0 Å². The largest absolute Gasteiger partial charge is 0.476 e. The van der Waals surface area contributed by atoms with Crippen molar-refractivity contribution in [3.05, 3.63) is 53.7 Å². The molecule has 0 fully saturated rings. The van der Waals surface area contributed by atoms with E-state index >= 15 is 0 Å². The number of benzene rings is 1. The molecule has 1 N–H and O–H groups in total. The van der Waals surface area contributed by atoms with Gasteiger partial charge < -0.3 is 10.1 Å². The van der Waals surface area contributed by atoms with Crippen LogP contribution in [0.25, 0.3) is 0 Å². The van der Waals surface area contributed by atoms with Gasteiger partial charge in [-0.1, -0.05) is 45.0 Å². The van der Waals surface area contributed by atoms with Gasteiger partial charge in [-0.3, -0.25) is 0 Å². The second-order valence-corrected chi connectivity index (χ2v) is 6.09. The Morgan fingerprint density at radius 3 is 2.43 bits per heavy atom. The maximum absolute atomic E-state index is 5.52. The number of nitrogens with zero attached hydrogens (tertiary/aromatic N) is 1. The van der Waals surface area contributed by atoms with E-state index in [1.807, 2.05) is 19.1 Å². The highest BCUT2D eigenvalue weighted by molar-refractivity contribution is 5.52. The number of hydrogen-bond donors (Lipinski definition) is 1. The van der Waals surface area contributed by atoms with Gasteiger partial charge in [-0.25, -0.2) is 4.98 Å². The molecule has 0 saturated heterocycles. The summed E-state index contributed by atoms with van der Waals surface area (Å²) < 4.78 is 5.52. The molecule has 0 aliphatic carbocycles. The van der Waals surface area contributed by atoms with E-state index in [1.54, 1.807) is 6.20 Å². The van der Waals surface area contributed by atoms with E-state index in [9.17, 15) is 0 Å². The summed E-state index contributed by atoms with van der Waals surface area (Å²) in [5.74, 6) is 0.659. The van der Waals surface area contributed by atoms with Crippen LogP contribution in [0.3, 0.4) is 0 Å². The third kappa shape index (κ3) is 4.22. The molecule has 0 aliphatic rings. The van der Waals surface area contributed by atoms with Gasteiger partial charge in [-0.15, -0.1) is 0 Å². The summed E-state index contributed by atoms with van der Waals surface area (Å²) >= 11 is 0. The van der Waals surface area contributed by atoms with Crippen LogP contribution >= 0.6 is 0 Å². The fourth-order valence-electron chi connectivity index (χ4n) is 2.10. The fourth-order valence-corrected chi connectivity index (χ4v) is 2.10. The van der Waals surface area contributed by atoms with Crippen molar-refractivity contribution in [1.29, 1.82) is 0 Å². The lowest BCUT2D eigenvalue weighted by Crippen LogP contribution is -2.11. The number of pyridine rings is 1. The number of hydrogen-bond acceptors (Lipinski definition) is 3. The molecule has 0 bridgehead atoms.